The molecule has 0 radical (unpaired) electrons. The van der Waals surface area contributed by atoms with Crippen LogP contribution in [0.25, 0.3) is 0 Å². The maximum Gasteiger partial charge on any atom is 0.0618 e. The van der Waals surface area contributed by atoms with Crippen molar-refractivity contribution in [3.8, 4) is 0 Å². The fourth-order valence-corrected chi connectivity index (χ4v) is 1.98. The topological polar surface area (TPSA) is 21.3 Å². The summed E-state index contributed by atoms with van der Waals surface area (Å²) in [4.78, 5) is 0. The second-order valence-corrected chi connectivity index (χ2v) is 4.40. The Morgan fingerprint density at radius 3 is 2.85 bits per heavy atom. The molecule has 0 saturated carbocycles. The zero-order valence-electron chi connectivity index (χ0n) is 9.18. The number of hydrogen-bond acceptors (Lipinski definition) is 2. The Labute approximate surface area is 82.0 Å². The second-order valence-electron chi connectivity index (χ2n) is 4.40. The van der Waals surface area contributed by atoms with Crippen molar-refractivity contribution < 1.29 is 4.74 Å². The van der Waals surface area contributed by atoms with Crippen LogP contribution in [0.3, 0.4) is 0 Å². The van der Waals surface area contributed by atoms with Crippen LogP contribution >= 0.6 is 0 Å². The standard InChI is InChI=1S/C11H23NO/c1-4-12-8-10-5-6-13-11(10)7-9(2)3/h9-12H,4-8H2,1-3H3. The molecule has 78 valence electrons. The molecule has 1 aliphatic heterocycles. The van der Waals surface area contributed by atoms with Gasteiger partial charge in [0.1, 0.15) is 0 Å². The van der Waals surface area contributed by atoms with Gasteiger partial charge in [-0.25, -0.2) is 0 Å². The molecule has 1 rings (SSSR count). The highest BCUT2D eigenvalue weighted by molar-refractivity contribution is 4.78. The SMILES string of the molecule is CCNCC1CCOC1CC(C)C. The van der Waals surface area contributed by atoms with Crippen LogP contribution in [0.15, 0.2) is 0 Å². The van der Waals surface area contributed by atoms with E-state index in [4.69, 9.17) is 4.74 Å². The molecule has 1 saturated heterocycles. The lowest BCUT2D eigenvalue weighted by Gasteiger charge is -2.20. The number of ether oxygens (including phenoxy) is 1. The van der Waals surface area contributed by atoms with Gasteiger partial charge in [0, 0.05) is 13.2 Å². The molecule has 0 aromatic rings. The summed E-state index contributed by atoms with van der Waals surface area (Å²) in [6, 6.07) is 0. The third-order valence-electron chi connectivity index (χ3n) is 2.71. The highest BCUT2D eigenvalue weighted by Crippen LogP contribution is 2.25. The largest absolute Gasteiger partial charge is 0.378 e. The quantitative estimate of drug-likeness (QED) is 0.708. The lowest BCUT2D eigenvalue weighted by Crippen LogP contribution is -2.29. The van der Waals surface area contributed by atoms with Crippen molar-refractivity contribution in [3.05, 3.63) is 0 Å². The summed E-state index contributed by atoms with van der Waals surface area (Å²) in [7, 11) is 0. The molecule has 0 aromatic carbocycles. The van der Waals surface area contributed by atoms with Crippen molar-refractivity contribution in [2.45, 2.75) is 39.7 Å². The zero-order chi connectivity index (χ0) is 9.68. The molecule has 0 amide bonds. The Balaban J connectivity index is 2.26. The summed E-state index contributed by atoms with van der Waals surface area (Å²) in [5.41, 5.74) is 0. The number of hydrogen-bond donors (Lipinski definition) is 1. The molecule has 2 atom stereocenters. The Kier molecular flexibility index (Phi) is 4.74. The maximum atomic E-state index is 5.73. The van der Waals surface area contributed by atoms with Gasteiger partial charge in [0.25, 0.3) is 0 Å². The van der Waals surface area contributed by atoms with Gasteiger partial charge in [-0.05, 0) is 31.2 Å². The number of rotatable bonds is 5. The highest BCUT2D eigenvalue weighted by Gasteiger charge is 2.27. The highest BCUT2D eigenvalue weighted by atomic mass is 16.5. The molecule has 0 spiro atoms. The van der Waals surface area contributed by atoms with E-state index >= 15 is 0 Å². The van der Waals surface area contributed by atoms with Gasteiger partial charge >= 0.3 is 0 Å². The molecule has 1 fully saturated rings. The molecule has 0 aromatic heterocycles. The van der Waals surface area contributed by atoms with Gasteiger partial charge in [0.2, 0.25) is 0 Å². The average molecular weight is 185 g/mol. The molecule has 1 heterocycles. The van der Waals surface area contributed by atoms with E-state index < -0.39 is 0 Å². The van der Waals surface area contributed by atoms with Crippen LogP contribution in [0.4, 0.5) is 0 Å². The van der Waals surface area contributed by atoms with Gasteiger partial charge in [-0.15, -0.1) is 0 Å². The van der Waals surface area contributed by atoms with E-state index in [0.717, 1.165) is 31.5 Å². The summed E-state index contributed by atoms with van der Waals surface area (Å²) in [6.45, 7) is 9.87. The Bertz CT molecular complexity index is 136. The van der Waals surface area contributed by atoms with Crippen LogP contribution in [0.5, 0.6) is 0 Å². The molecule has 2 unspecified atom stereocenters. The van der Waals surface area contributed by atoms with Gasteiger partial charge in [-0.1, -0.05) is 20.8 Å². The first kappa shape index (κ1) is 11.0. The molecule has 13 heavy (non-hydrogen) atoms. The van der Waals surface area contributed by atoms with Crippen LogP contribution in [0.2, 0.25) is 0 Å². The van der Waals surface area contributed by atoms with Crippen LogP contribution in [0, 0.1) is 11.8 Å². The van der Waals surface area contributed by atoms with Gasteiger partial charge in [0.15, 0.2) is 0 Å². The van der Waals surface area contributed by atoms with Crippen LogP contribution in [-0.4, -0.2) is 25.8 Å². The summed E-state index contributed by atoms with van der Waals surface area (Å²) in [5, 5.41) is 3.41. The monoisotopic (exact) mass is 185 g/mol. The second kappa shape index (κ2) is 5.61. The number of nitrogens with one attached hydrogen (secondary N) is 1. The molecule has 2 nitrogen and oxygen atoms in total. The summed E-state index contributed by atoms with van der Waals surface area (Å²) in [6.07, 6.45) is 2.97. The van der Waals surface area contributed by atoms with E-state index in [-0.39, 0.29) is 0 Å². The van der Waals surface area contributed by atoms with Gasteiger partial charge in [-0.3, -0.25) is 0 Å². The molecule has 0 bridgehead atoms. The molecule has 1 aliphatic rings. The van der Waals surface area contributed by atoms with E-state index in [1.807, 2.05) is 0 Å². The van der Waals surface area contributed by atoms with Crippen molar-refractivity contribution in [1.82, 2.24) is 5.32 Å². The molecule has 2 heteroatoms. The van der Waals surface area contributed by atoms with E-state index in [0.29, 0.717) is 6.10 Å². The summed E-state index contributed by atoms with van der Waals surface area (Å²) >= 11 is 0. The Morgan fingerprint density at radius 2 is 2.23 bits per heavy atom. The van der Waals surface area contributed by atoms with Crippen LogP contribution in [0.1, 0.15) is 33.6 Å². The van der Waals surface area contributed by atoms with Crippen molar-refractivity contribution >= 4 is 0 Å². The minimum absolute atomic E-state index is 0.513. The predicted octanol–water partition coefficient (Wildman–Crippen LogP) is 2.05. The first-order chi connectivity index (χ1) is 6.24. The molecular weight excluding hydrogens is 162 g/mol. The Hall–Kier alpha value is -0.0800. The van der Waals surface area contributed by atoms with E-state index in [1.54, 1.807) is 0 Å². The van der Waals surface area contributed by atoms with E-state index in [1.165, 1.54) is 12.8 Å². The predicted molar refractivity (Wildman–Crippen MR) is 55.8 cm³/mol. The molecule has 0 aliphatic carbocycles. The summed E-state index contributed by atoms with van der Waals surface area (Å²) < 4.78 is 5.73. The first-order valence-corrected chi connectivity index (χ1v) is 5.56. The van der Waals surface area contributed by atoms with Gasteiger partial charge in [0.05, 0.1) is 6.10 Å². The van der Waals surface area contributed by atoms with Gasteiger partial charge < -0.3 is 10.1 Å². The van der Waals surface area contributed by atoms with E-state index in [2.05, 4.69) is 26.1 Å². The van der Waals surface area contributed by atoms with Crippen LogP contribution < -0.4 is 5.32 Å². The van der Waals surface area contributed by atoms with Crippen molar-refractivity contribution in [2.75, 3.05) is 19.7 Å². The lowest BCUT2D eigenvalue weighted by atomic mass is 9.94. The smallest absolute Gasteiger partial charge is 0.0618 e. The maximum absolute atomic E-state index is 5.73. The van der Waals surface area contributed by atoms with Crippen LogP contribution in [-0.2, 0) is 4.74 Å². The van der Waals surface area contributed by atoms with Crippen molar-refractivity contribution in [2.24, 2.45) is 11.8 Å². The van der Waals surface area contributed by atoms with E-state index in [9.17, 15) is 0 Å². The lowest BCUT2D eigenvalue weighted by molar-refractivity contribution is 0.0731. The normalized spacial score (nSPS) is 28.6. The minimum atomic E-state index is 0.513. The minimum Gasteiger partial charge on any atom is -0.378 e. The van der Waals surface area contributed by atoms with Crippen molar-refractivity contribution in [3.63, 3.8) is 0 Å². The molecule has 1 N–H and O–H groups in total. The third-order valence-corrected chi connectivity index (χ3v) is 2.71. The first-order valence-electron chi connectivity index (χ1n) is 5.56. The zero-order valence-corrected chi connectivity index (χ0v) is 9.18. The molecular formula is C11H23NO. The fraction of sp³-hybridized carbons (Fsp3) is 1.00. The summed E-state index contributed by atoms with van der Waals surface area (Å²) in [5.74, 6) is 1.51. The fourth-order valence-electron chi connectivity index (χ4n) is 1.98. The average Bonchev–Trinajstić information content (AvgIpc) is 2.48. The van der Waals surface area contributed by atoms with Crippen molar-refractivity contribution in [1.29, 1.82) is 0 Å². The van der Waals surface area contributed by atoms with Gasteiger partial charge in [-0.2, -0.15) is 0 Å². The third kappa shape index (κ3) is 3.65. The Morgan fingerprint density at radius 1 is 1.46 bits per heavy atom.